The van der Waals surface area contributed by atoms with E-state index in [1.54, 1.807) is 0 Å². The molecule has 0 amide bonds. The highest BCUT2D eigenvalue weighted by Crippen LogP contribution is 2.19. The van der Waals surface area contributed by atoms with Gasteiger partial charge < -0.3 is 4.74 Å². The van der Waals surface area contributed by atoms with E-state index in [0.29, 0.717) is 25.0 Å². The average molecular weight is 214 g/mol. The Labute approximate surface area is 91.9 Å². The molecule has 0 bridgehead atoms. The molecular weight excluding hydrogens is 192 g/mol. The van der Waals surface area contributed by atoms with E-state index < -0.39 is 0 Å². The van der Waals surface area contributed by atoms with Gasteiger partial charge in [-0.1, -0.05) is 6.42 Å². The summed E-state index contributed by atoms with van der Waals surface area (Å²) in [6.45, 7) is 5.11. The van der Waals surface area contributed by atoms with Crippen molar-refractivity contribution in [3.63, 3.8) is 0 Å². The molecule has 1 N–H and O–H groups in total. The van der Waals surface area contributed by atoms with Crippen LogP contribution < -0.4 is 5.43 Å². The first-order valence-electron chi connectivity index (χ1n) is 5.73. The third kappa shape index (κ3) is 3.80. The van der Waals surface area contributed by atoms with Crippen molar-refractivity contribution < 1.29 is 9.53 Å². The van der Waals surface area contributed by atoms with E-state index >= 15 is 0 Å². The number of carbonyl (C=O) groups excluding carboxylic acids is 1. The zero-order valence-corrected chi connectivity index (χ0v) is 9.95. The van der Waals surface area contributed by atoms with E-state index in [4.69, 9.17) is 0 Å². The lowest BCUT2D eigenvalue weighted by molar-refractivity contribution is -0.140. The van der Waals surface area contributed by atoms with Crippen LogP contribution in [0.5, 0.6) is 0 Å². The molecule has 0 saturated carbocycles. The summed E-state index contributed by atoms with van der Waals surface area (Å²) in [5, 5.41) is 2.27. The first-order valence-corrected chi connectivity index (χ1v) is 5.73. The minimum atomic E-state index is -0.153. The van der Waals surface area contributed by atoms with Gasteiger partial charge >= 0.3 is 5.97 Å². The molecule has 1 aliphatic heterocycles. The number of ether oxygens (including phenoxy) is 1. The second kappa shape index (κ2) is 6.08. The van der Waals surface area contributed by atoms with E-state index in [9.17, 15) is 4.79 Å². The van der Waals surface area contributed by atoms with Gasteiger partial charge in [0.05, 0.1) is 13.5 Å². The number of esters is 1. The van der Waals surface area contributed by atoms with Gasteiger partial charge in [-0.3, -0.25) is 10.2 Å². The number of hydrogen-bond acceptors (Lipinski definition) is 4. The molecule has 0 aliphatic carbocycles. The van der Waals surface area contributed by atoms with Gasteiger partial charge in [-0.15, -0.1) is 0 Å². The Kier molecular flexibility index (Phi) is 5.05. The van der Waals surface area contributed by atoms with Crippen molar-refractivity contribution in [3.05, 3.63) is 0 Å². The second-order valence-electron chi connectivity index (χ2n) is 4.27. The summed E-state index contributed by atoms with van der Waals surface area (Å²) in [7, 11) is 1.43. The Morgan fingerprint density at radius 2 is 2.00 bits per heavy atom. The number of carbonyl (C=O) groups is 1. The van der Waals surface area contributed by atoms with Crippen LogP contribution in [0.3, 0.4) is 0 Å². The van der Waals surface area contributed by atoms with Crippen LogP contribution in [-0.4, -0.2) is 36.7 Å². The van der Waals surface area contributed by atoms with Gasteiger partial charge in [-0.2, -0.15) is 0 Å². The summed E-state index contributed by atoms with van der Waals surface area (Å²) < 4.78 is 4.60. The van der Waals surface area contributed by atoms with Crippen LogP contribution in [0.4, 0.5) is 0 Å². The SMILES string of the molecule is COC(=O)CCNN1C(C)CCCC1C. The van der Waals surface area contributed by atoms with Gasteiger partial charge in [0.15, 0.2) is 0 Å². The predicted molar refractivity (Wildman–Crippen MR) is 59.2 cm³/mol. The van der Waals surface area contributed by atoms with Crippen molar-refractivity contribution in [1.29, 1.82) is 0 Å². The smallest absolute Gasteiger partial charge is 0.306 e. The van der Waals surface area contributed by atoms with Crippen LogP contribution in [0.25, 0.3) is 0 Å². The van der Waals surface area contributed by atoms with Gasteiger partial charge in [-0.05, 0) is 26.7 Å². The summed E-state index contributed by atoms with van der Waals surface area (Å²) in [4.78, 5) is 10.9. The van der Waals surface area contributed by atoms with Crippen LogP contribution in [-0.2, 0) is 9.53 Å². The lowest BCUT2D eigenvalue weighted by Gasteiger charge is -2.39. The number of nitrogens with zero attached hydrogens (tertiary/aromatic N) is 1. The maximum atomic E-state index is 10.9. The minimum absolute atomic E-state index is 0.153. The molecule has 1 aliphatic rings. The summed E-state index contributed by atoms with van der Waals surface area (Å²) in [5.41, 5.74) is 3.32. The molecule has 0 aromatic carbocycles. The molecule has 0 aromatic heterocycles. The molecule has 15 heavy (non-hydrogen) atoms. The van der Waals surface area contributed by atoms with Crippen LogP contribution in [0, 0.1) is 0 Å². The fourth-order valence-electron chi connectivity index (χ4n) is 2.12. The average Bonchev–Trinajstić information content (AvgIpc) is 2.22. The summed E-state index contributed by atoms with van der Waals surface area (Å²) in [5.74, 6) is -0.153. The molecule has 1 fully saturated rings. The first-order chi connectivity index (χ1) is 7.15. The van der Waals surface area contributed by atoms with Crippen molar-refractivity contribution in [2.75, 3.05) is 13.7 Å². The Morgan fingerprint density at radius 3 is 2.53 bits per heavy atom. The van der Waals surface area contributed by atoms with Crippen LogP contribution in [0.1, 0.15) is 39.5 Å². The highest BCUT2D eigenvalue weighted by atomic mass is 16.5. The zero-order chi connectivity index (χ0) is 11.3. The summed E-state index contributed by atoms with van der Waals surface area (Å²) >= 11 is 0. The monoisotopic (exact) mass is 214 g/mol. The second-order valence-corrected chi connectivity index (χ2v) is 4.27. The normalized spacial score (nSPS) is 27.7. The molecule has 0 radical (unpaired) electrons. The molecule has 0 spiro atoms. The van der Waals surface area contributed by atoms with Crippen molar-refractivity contribution in [2.24, 2.45) is 0 Å². The third-order valence-electron chi connectivity index (χ3n) is 3.04. The maximum absolute atomic E-state index is 10.9. The highest BCUT2D eigenvalue weighted by molar-refractivity contribution is 5.69. The summed E-state index contributed by atoms with van der Waals surface area (Å²) in [6, 6.07) is 1.12. The largest absolute Gasteiger partial charge is 0.469 e. The van der Waals surface area contributed by atoms with Crippen molar-refractivity contribution >= 4 is 5.97 Å². The number of hydrazine groups is 1. The number of hydrogen-bond donors (Lipinski definition) is 1. The van der Waals surface area contributed by atoms with E-state index in [-0.39, 0.29) is 5.97 Å². The molecule has 0 aromatic rings. The van der Waals surface area contributed by atoms with Gasteiger partial charge in [0.2, 0.25) is 0 Å². The molecule has 1 heterocycles. The molecular formula is C11H22N2O2. The number of methoxy groups -OCH3 is 1. The van der Waals surface area contributed by atoms with Crippen molar-refractivity contribution in [2.45, 2.75) is 51.6 Å². The third-order valence-corrected chi connectivity index (χ3v) is 3.04. The van der Waals surface area contributed by atoms with E-state index in [1.165, 1.54) is 26.4 Å². The minimum Gasteiger partial charge on any atom is -0.469 e. The Bertz CT molecular complexity index is 199. The van der Waals surface area contributed by atoms with Gasteiger partial charge in [0, 0.05) is 18.6 Å². The maximum Gasteiger partial charge on any atom is 0.306 e. The molecule has 4 nitrogen and oxygen atoms in total. The lowest BCUT2D eigenvalue weighted by atomic mass is 10.00. The molecule has 1 rings (SSSR count). The van der Waals surface area contributed by atoms with Gasteiger partial charge in [-0.25, -0.2) is 5.01 Å². The van der Waals surface area contributed by atoms with E-state index in [0.717, 1.165) is 0 Å². The fraction of sp³-hybridized carbons (Fsp3) is 0.909. The van der Waals surface area contributed by atoms with Gasteiger partial charge in [0.1, 0.15) is 0 Å². The Balaban J connectivity index is 2.26. The van der Waals surface area contributed by atoms with Gasteiger partial charge in [0.25, 0.3) is 0 Å². The standard InChI is InChI=1S/C11H22N2O2/c1-9-5-4-6-10(2)13(9)12-8-7-11(14)15-3/h9-10,12H,4-8H2,1-3H3. The molecule has 88 valence electrons. The lowest BCUT2D eigenvalue weighted by Crippen LogP contribution is -2.52. The highest BCUT2D eigenvalue weighted by Gasteiger charge is 2.24. The van der Waals surface area contributed by atoms with Crippen LogP contribution >= 0.6 is 0 Å². The van der Waals surface area contributed by atoms with Crippen LogP contribution in [0.15, 0.2) is 0 Å². The molecule has 2 unspecified atom stereocenters. The quantitative estimate of drug-likeness (QED) is 0.717. The number of nitrogens with one attached hydrogen (secondary N) is 1. The zero-order valence-electron chi connectivity index (χ0n) is 9.95. The van der Waals surface area contributed by atoms with Crippen molar-refractivity contribution in [3.8, 4) is 0 Å². The Morgan fingerprint density at radius 1 is 1.40 bits per heavy atom. The predicted octanol–water partition coefficient (Wildman–Crippen LogP) is 1.32. The van der Waals surface area contributed by atoms with E-state index in [2.05, 4.69) is 29.0 Å². The summed E-state index contributed by atoms with van der Waals surface area (Å²) in [6.07, 6.45) is 4.20. The van der Waals surface area contributed by atoms with E-state index in [1.807, 2.05) is 0 Å². The molecule has 1 saturated heterocycles. The van der Waals surface area contributed by atoms with Crippen LogP contribution in [0.2, 0.25) is 0 Å². The number of piperidine rings is 1. The van der Waals surface area contributed by atoms with Crippen molar-refractivity contribution in [1.82, 2.24) is 10.4 Å². The molecule has 2 atom stereocenters. The number of rotatable bonds is 4. The Hall–Kier alpha value is -0.610. The fourth-order valence-corrected chi connectivity index (χ4v) is 2.12. The molecule has 4 heteroatoms. The first kappa shape index (κ1) is 12.5. The topological polar surface area (TPSA) is 41.6 Å².